The van der Waals surface area contributed by atoms with E-state index in [1.165, 1.54) is 0 Å². The van der Waals surface area contributed by atoms with Crippen molar-refractivity contribution in [3.05, 3.63) is 47.7 Å². The minimum absolute atomic E-state index is 0.927. The van der Waals surface area contributed by atoms with Crippen molar-refractivity contribution in [3.8, 4) is 5.75 Å². The van der Waals surface area contributed by atoms with Gasteiger partial charge in [0.2, 0.25) is 0 Å². The fourth-order valence-electron chi connectivity index (χ4n) is 1.21. The minimum atomic E-state index is 0.927. The third-order valence-corrected chi connectivity index (χ3v) is 1.80. The molecule has 0 amide bonds. The second-order valence-electron chi connectivity index (χ2n) is 2.78. The first-order chi connectivity index (χ1) is 5.86. The molecule has 0 aromatic heterocycles. The van der Waals surface area contributed by atoms with Gasteiger partial charge in [0.05, 0.1) is 0 Å². The first-order valence-corrected chi connectivity index (χ1v) is 3.98. The Balaban J connectivity index is 2.49. The number of allylic oxidation sites excluding steroid dienone is 3. The first kappa shape index (κ1) is 7.17. The molecular formula is C11H10O. The predicted molar refractivity (Wildman–Crippen MR) is 49.9 cm³/mol. The summed E-state index contributed by atoms with van der Waals surface area (Å²) in [7, 11) is 0. The number of hydrogen-bond acceptors (Lipinski definition) is 1. The van der Waals surface area contributed by atoms with Gasteiger partial charge in [0.25, 0.3) is 0 Å². The van der Waals surface area contributed by atoms with Crippen molar-refractivity contribution in [2.24, 2.45) is 0 Å². The fraction of sp³-hybridized carbons (Fsp3) is 0.0909. The molecule has 12 heavy (non-hydrogen) atoms. The number of rotatable bonds is 0. The molecule has 0 bridgehead atoms. The van der Waals surface area contributed by atoms with Crippen LogP contribution in [0.4, 0.5) is 0 Å². The standard InChI is InChI=1S/C11H10O/c1-9-5-4-7-10-6-2-3-8-11(10)12-9/h2-8H,1H3. The topological polar surface area (TPSA) is 9.23 Å². The number of fused-ring (bicyclic) bond motifs is 1. The Labute approximate surface area is 72.0 Å². The highest BCUT2D eigenvalue weighted by atomic mass is 16.5. The van der Waals surface area contributed by atoms with Crippen molar-refractivity contribution in [2.75, 3.05) is 0 Å². The van der Waals surface area contributed by atoms with Crippen LogP contribution < -0.4 is 4.74 Å². The molecule has 60 valence electrons. The van der Waals surface area contributed by atoms with Crippen molar-refractivity contribution in [1.82, 2.24) is 0 Å². The second kappa shape index (κ2) is 2.86. The first-order valence-electron chi connectivity index (χ1n) is 3.98. The van der Waals surface area contributed by atoms with E-state index in [1.807, 2.05) is 49.4 Å². The maximum atomic E-state index is 5.56. The molecule has 0 N–H and O–H groups in total. The molecule has 2 rings (SSSR count). The Morgan fingerprint density at radius 2 is 2.00 bits per heavy atom. The highest BCUT2D eigenvalue weighted by molar-refractivity contribution is 5.60. The second-order valence-corrected chi connectivity index (χ2v) is 2.78. The van der Waals surface area contributed by atoms with Gasteiger partial charge in [-0.2, -0.15) is 0 Å². The molecule has 0 aliphatic carbocycles. The summed E-state index contributed by atoms with van der Waals surface area (Å²) in [6.07, 6.45) is 6.01. The van der Waals surface area contributed by atoms with E-state index >= 15 is 0 Å². The van der Waals surface area contributed by atoms with Gasteiger partial charge in [0, 0.05) is 5.56 Å². The summed E-state index contributed by atoms with van der Waals surface area (Å²) < 4.78 is 5.56. The Bertz CT molecular complexity index is 348. The van der Waals surface area contributed by atoms with Gasteiger partial charge in [-0.1, -0.05) is 30.4 Å². The largest absolute Gasteiger partial charge is 0.461 e. The van der Waals surface area contributed by atoms with Crippen LogP contribution in [0.3, 0.4) is 0 Å². The zero-order valence-corrected chi connectivity index (χ0v) is 6.95. The van der Waals surface area contributed by atoms with E-state index in [0.717, 1.165) is 17.1 Å². The number of para-hydroxylation sites is 1. The Morgan fingerprint density at radius 1 is 1.17 bits per heavy atom. The molecule has 1 aromatic rings. The van der Waals surface area contributed by atoms with Gasteiger partial charge < -0.3 is 4.74 Å². The van der Waals surface area contributed by atoms with E-state index in [2.05, 4.69) is 0 Å². The lowest BCUT2D eigenvalue weighted by molar-refractivity contribution is 0.428. The molecule has 1 aromatic carbocycles. The number of ether oxygens (including phenoxy) is 1. The van der Waals surface area contributed by atoms with Crippen LogP contribution in [-0.2, 0) is 0 Å². The van der Waals surface area contributed by atoms with Crippen molar-refractivity contribution < 1.29 is 4.74 Å². The van der Waals surface area contributed by atoms with Crippen LogP contribution in [0.15, 0.2) is 42.2 Å². The van der Waals surface area contributed by atoms with Crippen molar-refractivity contribution in [1.29, 1.82) is 0 Å². The van der Waals surface area contributed by atoms with E-state index in [9.17, 15) is 0 Å². The number of benzene rings is 1. The normalized spacial score (nSPS) is 14.2. The van der Waals surface area contributed by atoms with E-state index in [-0.39, 0.29) is 0 Å². The zero-order chi connectivity index (χ0) is 8.39. The lowest BCUT2D eigenvalue weighted by Gasteiger charge is -2.05. The van der Waals surface area contributed by atoms with Gasteiger partial charge in [-0.3, -0.25) is 0 Å². The lowest BCUT2D eigenvalue weighted by atomic mass is 10.2. The van der Waals surface area contributed by atoms with E-state index in [1.54, 1.807) is 0 Å². The summed E-state index contributed by atoms with van der Waals surface area (Å²) >= 11 is 0. The quantitative estimate of drug-likeness (QED) is 0.564. The molecule has 0 spiro atoms. The van der Waals surface area contributed by atoms with Crippen LogP contribution in [0.25, 0.3) is 6.08 Å². The Morgan fingerprint density at radius 3 is 2.92 bits per heavy atom. The van der Waals surface area contributed by atoms with Crippen molar-refractivity contribution >= 4 is 6.08 Å². The van der Waals surface area contributed by atoms with Gasteiger partial charge in [-0.25, -0.2) is 0 Å². The maximum absolute atomic E-state index is 5.56. The molecule has 0 atom stereocenters. The Kier molecular flexibility index (Phi) is 1.71. The van der Waals surface area contributed by atoms with Crippen LogP contribution in [0.2, 0.25) is 0 Å². The molecule has 0 radical (unpaired) electrons. The third-order valence-electron chi connectivity index (χ3n) is 1.80. The van der Waals surface area contributed by atoms with Gasteiger partial charge in [-0.05, 0) is 19.1 Å². The molecule has 1 nitrogen and oxygen atoms in total. The molecule has 0 fully saturated rings. The highest BCUT2D eigenvalue weighted by Gasteiger charge is 2.02. The van der Waals surface area contributed by atoms with E-state index in [4.69, 9.17) is 4.74 Å². The molecule has 0 saturated carbocycles. The van der Waals surface area contributed by atoms with Gasteiger partial charge in [0.1, 0.15) is 11.5 Å². The lowest BCUT2D eigenvalue weighted by Crippen LogP contribution is -1.89. The molecule has 0 unspecified atom stereocenters. The maximum Gasteiger partial charge on any atom is 0.134 e. The van der Waals surface area contributed by atoms with Crippen LogP contribution in [0, 0.1) is 0 Å². The summed E-state index contributed by atoms with van der Waals surface area (Å²) in [5, 5.41) is 0. The number of hydrogen-bond donors (Lipinski definition) is 0. The molecular weight excluding hydrogens is 148 g/mol. The smallest absolute Gasteiger partial charge is 0.134 e. The van der Waals surface area contributed by atoms with Crippen LogP contribution in [-0.4, -0.2) is 0 Å². The zero-order valence-electron chi connectivity index (χ0n) is 6.95. The van der Waals surface area contributed by atoms with Gasteiger partial charge in [0.15, 0.2) is 0 Å². The molecule has 0 saturated heterocycles. The van der Waals surface area contributed by atoms with E-state index in [0.29, 0.717) is 0 Å². The summed E-state index contributed by atoms with van der Waals surface area (Å²) in [6, 6.07) is 8.00. The fourth-order valence-corrected chi connectivity index (χ4v) is 1.21. The molecule has 1 heterocycles. The molecule has 1 aliphatic rings. The van der Waals surface area contributed by atoms with E-state index < -0.39 is 0 Å². The van der Waals surface area contributed by atoms with Crippen LogP contribution in [0.1, 0.15) is 12.5 Å². The molecule has 1 aliphatic heterocycles. The minimum Gasteiger partial charge on any atom is -0.461 e. The predicted octanol–water partition coefficient (Wildman–Crippen LogP) is 3.00. The average molecular weight is 158 g/mol. The van der Waals surface area contributed by atoms with Gasteiger partial charge >= 0.3 is 0 Å². The highest BCUT2D eigenvalue weighted by Crippen LogP contribution is 2.23. The molecule has 1 heteroatoms. The SMILES string of the molecule is CC1=CC=Cc2ccccc2O1. The van der Waals surface area contributed by atoms with Gasteiger partial charge in [-0.15, -0.1) is 0 Å². The van der Waals surface area contributed by atoms with Crippen molar-refractivity contribution in [3.63, 3.8) is 0 Å². The summed E-state index contributed by atoms with van der Waals surface area (Å²) in [4.78, 5) is 0. The third kappa shape index (κ3) is 1.26. The summed E-state index contributed by atoms with van der Waals surface area (Å²) in [5.41, 5.74) is 1.13. The monoisotopic (exact) mass is 158 g/mol. The average Bonchev–Trinajstić information content (AvgIpc) is 2.25. The van der Waals surface area contributed by atoms with Crippen LogP contribution in [0.5, 0.6) is 5.75 Å². The Hall–Kier alpha value is -1.50. The summed E-state index contributed by atoms with van der Waals surface area (Å²) in [5.74, 6) is 1.86. The van der Waals surface area contributed by atoms with Crippen molar-refractivity contribution in [2.45, 2.75) is 6.92 Å². The van der Waals surface area contributed by atoms with Crippen LogP contribution >= 0.6 is 0 Å². The summed E-state index contributed by atoms with van der Waals surface area (Å²) in [6.45, 7) is 1.95.